The summed E-state index contributed by atoms with van der Waals surface area (Å²) >= 11 is 1.97. The highest BCUT2D eigenvalue weighted by atomic mass is 32.2. The van der Waals surface area contributed by atoms with Gasteiger partial charge >= 0.3 is 0 Å². The average molecular weight is 266 g/mol. The molecule has 3 rings (SSSR count). The summed E-state index contributed by atoms with van der Waals surface area (Å²) in [5, 5.41) is 5.05. The molecule has 3 aliphatic rings. The van der Waals surface area contributed by atoms with Crippen molar-refractivity contribution >= 4 is 16.9 Å². The first kappa shape index (κ1) is 12.8. The van der Waals surface area contributed by atoms with Crippen molar-refractivity contribution in [2.24, 2.45) is 10.9 Å². The fraction of sp³-hybridized carbons (Fsp3) is 0.933. The van der Waals surface area contributed by atoms with E-state index in [1.54, 1.807) is 0 Å². The van der Waals surface area contributed by atoms with Gasteiger partial charge in [0.05, 0.1) is 5.54 Å². The summed E-state index contributed by atoms with van der Waals surface area (Å²) in [6.45, 7) is 4.74. The molecule has 1 saturated heterocycles. The topological polar surface area (TPSA) is 24.4 Å². The molecule has 2 atom stereocenters. The first-order valence-electron chi connectivity index (χ1n) is 7.60. The molecule has 1 aliphatic heterocycles. The molecule has 0 amide bonds. The van der Waals surface area contributed by atoms with E-state index < -0.39 is 0 Å². The molecule has 1 heterocycles. The predicted octanol–water partition coefficient (Wildman–Crippen LogP) is 3.96. The quantitative estimate of drug-likeness (QED) is 0.777. The van der Waals surface area contributed by atoms with E-state index in [4.69, 9.17) is 4.99 Å². The van der Waals surface area contributed by atoms with Crippen LogP contribution in [0.3, 0.4) is 0 Å². The Labute approximate surface area is 115 Å². The molecule has 0 bridgehead atoms. The Morgan fingerprint density at radius 1 is 1.22 bits per heavy atom. The molecular formula is C15H26N2S. The lowest BCUT2D eigenvalue weighted by atomic mass is 9.78. The minimum absolute atomic E-state index is 0.237. The third kappa shape index (κ3) is 2.56. The van der Waals surface area contributed by atoms with Gasteiger partial charge in [-0.1, -0.05) is 44.4 Å². The second-order valence-corrected chi connectivity index (χ2v) is 7.98. The summed E-state index contributed by atoms with van der Waals surface area (Å²) in [7, 11) is 0. The zero-order valence-corrected chi connectivity index (χ0v) is 12.6. The summed E-state index contributed by atoms with van der Waals surface area (Å²) in [5.41, 5.74) is 0.622. The van der Waals surface area contributed by atoms with Crippen molar-refractivity contribution in [3.63, 3.8) is 0 Å². The fourth-order valence-electron chi connectivity index (χ4n) is 3.96. The van der Waals surface area contributed by atoms with E-state index in [1.807, 2.05) is 11.8 Å². The Balaban J connectivity index is 1.69. The van der Waals surface area contributed by atoms with Gasteiger partial charge in [0.1, 0.15) is 0 Å². The maximum absolute atomic E-state index is 5.05. The van der Waals surface area contributed by atoms with Crippen LogP contribution in [-0.4, -0.2) is 22.0 Å². The first-order valence-corrected chi connectivity index (χ1v) is 8.59. The zero-order valence-electron chi connectivity index (χ0n) is 11.8. The van der Waals surface area contributed by atoms with Crippen molar-refractivity contribution in [3.8, 4) is 0 Å². The molecule has 102 valence electrons. The van der Waals surface area contributed by atoms with Gasteiger partial charge < -0.3 is 5.32 Å². The minimum Gasteiger partial charge on any atom is -0.359 e. The maximum atomic E-state index is 5.05. The normalized spacial score (nSPS) is 41.4. The van der Waals surface area contributed by atoms with Crippen LogP contribution in [0.1, 0.15) is 65.2 Å². The number of amidine groups is 1. The monoisotopic (exact) mass is 266 g/mol. The average Bonchev–Trinajstić information content (AvgIpc) is 2.87. The Bertz CT molecular complexity index is 346. The van der Waals surface area contributed by atoms with Crippen molar-refractivity contribution < 1.29 is 0 Å². The molecule has 1 spiro atoms. The predicted molar refractivity (Wildman–Crippen MR) is 80.3 cm³/mol. The Hall–Kier alpha value is -0.180. The van der Waals surface area contributed by atoms with Gasteiger partial charge in [-0.15, -0.1) is 0 Å². The summed E-state index contributed by atoms with van der Waals surface area (Å²) in [4.78, 5) is 5.05. The van der Waals surface area contributed by atoms with E-state index >= 15 is 0 Å². The molecule has 3 fully saturated rings. The number of aliphatic imine (C=N–C) groups is 1. The van der Waals surface area contributed by atoms with Crippen molar-refractivity contribution in [2.75, 3.05) is 5.75 Å². The van der Waals surface area contributed by atoms with E-state index in [0.717, 1.165) is 5.92 Å². The van der Waals surface area contributed by atoms with Crippen molar-refractivity contribution in [2.45, 2.75) is 76.3 Å². The van der Waals surface area contributed by atoms with Crippen LogP contribution in [-0.2, 0) is 0 Å². The van der Waals surface area contributed by atoms with Gasteiger partial charge in [0.2, 0.25) is 0 Å². The highest BCUT2D eigenvalue weighted by Crippen LogP contribution is 2.40. The van der Waals surface area contributed by atoms with Gasteiger partial charge in [0.15, 0.2) is 5.17 Å². The van der Waals surface area contributed by atoms with Crippen LogP contribution in [0.25, 0.3) is 0 Å². The van der Waals surface area contributed by atoms with Crippen LogP contribution in [0.15, 0.2) is 4.99 Å². The Kier molecular flexibility index (Phi) is 3.38. The molecule has 18 heavy (non-hydrogen) atoms. The van der Waals surface area contributed by atoms with Crippen molar-refractivity contribution in [1.82, 2.24) is 5.32 Å². The van der Waals surface area contributed by atoms with Crippen LogP contribution >= 0.6 is 11.8 Å². The number of nitrogens with one attached hydrogen (secondary N) is 1. The minimum atomic E-state index is 0.237. The lowest BCUT2D eigenvalue weighted by Gasteiger charge is -2.36. The van der Waals surface area contributed by atoms with Crippen molar-refractivity contribution in [3.05, 3.63) is 0 Å². The van der Waals surface area contributed by atoms with E-state index in [1.165, 1.54) is 62.3 Å². The second kappa shape index (κ2) is 4.73. The number of hydrogen-bond acceptors (Lipinski definition) is 2. The van der Waals surface area contributed by atoms with Crippen LogP contribution in [0, 0.1) is 5.92 Å². The maximum Gasteiger partial charge on any atom is 0.157 e. The molecule has 3 heteroatoms. The third-order valence-corrected chi connectivity index (χ3v) is 6.16. The number of thioether (sulfide) groups is 1. The SMILES string of the molecule is CC1CCCC2(CSC(=NC3(C)CCCC3)N2)C1. The number of nitrogens with zero attached hydrogens (tertiary/aromatic N) is 1. The fourth-order valence-corrected chi connectivity index (χ4v) is 5.29. The van der Waals surface area contributed by atoms with Gasteiger partial charge in [-0.2, -0.15) is 0 Å². The second-order valence-electron chi connectivity index (χ2n) is 7.02. The first-order chi connectivity index (χ1) is 8.59. The highest BCUT2D eigenvalue weighted by Gasteiger charge is 2.41. The van der Waals surface area contributed by atoms with Gasteiger partial charge in [0, 0.05) is 11.3 Å². The largest absolute Gasteiger partial charge is 0.359 e. The van der Waals surface area contributed by atoms with Crippen LogP contribution < -0.4 is 5.32 Å². The smallest absolute Gasteiger partial charge is 0.157 e. The van der Waals surface area contributed by atoms with Crippen LogP contribution in [0.2, 0.25) is 0 Å². The zero-order chi connectivity index (χ0) is 12.6. The molecule has 0 radical (unpaired) electrons. The molecule has 2 aliphatic carbocycles. The number of rotatable bonds is 1. The third-order valence-electron chi connectivity index (χ3n) is 5.00. The Morgan fingerprint density at radius 3 is 2.72 bits per heavy atom. The van der Waals surface area contributed by atoms with E-state index in [-0.39, 0.29) is 5.54 Å². The highest BCUT2D eigenvalue weighted by molar-refractivity contribution is 8.14. The Morgan fingerprint density at radius 2 is 2.00 bits per heavy atom. The summed E-state index contributed by atoms with van der Waals surface area (Å²) < 4.78 is 0. The molecule has 0 aromatic carbocycles. The lowest BCUT2D eigenvalue weighted by molar-refractivity contribution is 0.242. The molecule has 1 N–H and O–H groups in total. The lowest BCUT2D eigenvalue weighted by Crippen LogP contribution is -2.47. The standard InChI is InChI=1S/C15H26N2S/c1-12-6-5-9-15(10-12)11-18-13(17-15)16-14(2)7-3-4-8-14/h12H,3-11H2,1-2H3,(H,16,17). The summed E-state index contributed by atoms with van der Waals surface area (Å²) in [6, 6.07) is 0. The number of hydrogen-bond donors (Lipinski definition) is 1. The molecule has 0 aromatic rings. The van der Waals surface area contributed by atoms with Gasteiger partial charge in [-0.3, -0.25) is 4.99 Å². The molecule has 0 aromatic heterocycles. The van der Waals surface area contributed by atoms with Crippen LogP contribution in [0.5, 0.6) is 0 Å². The summed E-state index contributed by atoms with van der Waals surface area (Å²) in [5.74, 6) is 2.12. The summed E-state index contributed by atoms with van der Waals surface area (Å²) in [6.07, 6.45) is 10.8. The molecule has 2 unspecified atom stereocenters. The molecule has 2 saturated carbocycles. The molecule has 2 nitrogen and oxygen atoms in total. The van der Waals surface area contributed by atoms with Gasteiger partial charge in [-0.05, 0) is 38.5 Å². The van der Waals surface area contributed by atoms with E-state index in [0.29, 0.717) is 5.54 Å². The van der Waals surface area contributed by atoms with Gasteiger partial charge in [-0.25, -0.2) is 0 Å². The van der Waals surface area contributed by atoms with Crippen LogP contribution in [0.4, 0.5) is 0 Å². The molecular weight excluding hydrogens is 240 g/mol. The van der Waals surface area contributed by atoms with E-state index in [2.05, 4.69) is 19.2 Å². The van der Waals surface area contributed by atoms with E-state index in [9.17, 15) is 0 Å². The van der Waals surface area contributed by atoms with Gasteiger partial charge in [0.25, 0.3) is 0 Å². The van der Waals surface area contributed by atoms with Crippen molar-refractivity contribution in [1.29, 1.82) is 0 Å².